The smallest absolute Gasteiger partial charge is 0.132 e. The molecule has 0 saturated heterocycles. The van der Waals surface area contributed by atoms with Crippen LogP contribution in [0.2, 0.25) is 0 Å². The maximum absolute atomic E-state index is 5.93. The number of aryl methyl sites for hydroxylation is 3. The normalized spacial score (nSPS) is 10.8. The van der Waals surface area contributed by atoms with Crippen molar-refractivity contribution in [1.82, 2.24) is 19.5 Å². The third kappa shape index (κ3) is 2.55. The van der Waals surface area contributed by atoms with Crippen LogP contribution in [0, 0.1) is 6.92 Å². The molecular weight excluding hydrogens is 270 g/mol. The Bertz CT molecular complexity index is 716. The molecule has 0 amide bonds. The molecular formula is C14H15N5S. The van der Waals surface area contributed by atoms with Crippen LogP contribution in [-0.2, 0) is 13.0 Å². The van der Waals surface area contributed by atoms with Gasteiger partial charge in [-0.1, -0.05) is 0 Å². The zero-order valence-corrected chi connectivity index (χ0v) is 12.0. The van der Waals surface area contributed by atoms with Crippen LogP contribution < -0.4 is 5.73 Å². The van der Waals surface area contributed by atoms with E-state index in [2.05, 4.69) is 24.9 Å². The van der Waals surface area contributed by atoms with Gasteiger partial charge in [-0.15, -0.1) is 11.3 Å². The SMILES string of the molecule is Cc1nc(CCn2cncc2-c2cccnc2N)cs1. The Morgan fingerprint density at radius 3 is 3.05 bits per heavy atom. The molecule has 3 aromatic heterocycles. The summed E-state index contributed by atoms with van der Waals surface area (Å²) in [5, 5.41) is 3.20. The number of nitrogens with two attached hydrogens (primary N) is 1. The van der Waals surface area contributed by atoms with Gasteiger partial charge in [-0.2, -0.15) is 0 Å². The van der Waals surface area contributed by atoms with E-state index in [0.717, 1.165) is 34.9 Å². The van der Waals surface area contributed by atoms with E-state index in [1.807, 2.05) is 31.6 Å². The minimum absolute atomic E-state index is 0.527. The zero-order valence-electron chi connectivity index (χ0n) is 11.2. The van der Waals surface area contributed by atoms with E-state index in [-0.39, 0.29) is 0 Å². The van der Waals surface area contributed by atoms with Gasteiger partial charge in [0.25, 0.3) is 0 Å². The Labute approximate surface area is 121 Å². The van der Waals surface area contributed by atoms with E-state index in [4.69, 9.17) is 5.73 Å². The molecule has 0 bridgehead atoms. The first kappa shape index (κ1) is 12.8. The van der Waals surface area contributed by atoms with E-state index < -0.39 is 0 Å². The largest absolute Gasteiger partial charge is 0.383 e. The summed E-state index contributed by atoms with van der Waals surface area (Å²) in [5.74, 6) is 0.527. The Kier molecular flexibility index (Phi) is 3.47. The summed E-state index contributed by atoms with van der Waals surface area (Å²) in [6.07, 6.45) is 6.21. The summed E-state index contributed by atoms with van der Waals surface area (Å²) < 4.78 is 2.09. The molecule has 20 heavy (non-hydrogen) atoms. The number of hydrogen-bond acceptors (Lipinski definition) is 5. The molecule has 0 unspecified atom stereocenters. The predicted molar refractivity (Wildman–Crippen MR) is 80.4 cm³/mol. The van der Waals surface area contributed by atoms with Crippen molar-refractivity contribution >= 4 is 17.2 Å². The van der Waals surface area contributed by atoms with Gasteiger partial charge in [0.2, 0.25) is 0 Å². The lowest BCUT2D eigenvalue weighted by molar-refractivity contribution is 0.692. The molecule has 5 nitrogen and oxygen atoms in total. The van der Waals surface area contributed by atoms with Crippen molar-refractivity contribution in [1.29, 1.82) is 0 Å². The molecule has 2 N–H and O–H groups in total. The van der Waals surface area contributed by atoms with Gasteiger partial charge in [-0.25, -0.2) is 15.0 Å². The molecule has 0 aliphatic carbocycles. The number of nitrogen functional groups attached to an aromatic ring is 1. The second-order valence-corrected chi connectivity index (χ2v) is 5.58. The molecule has 0 radical (unpaired) electrons. The standard InChI is InChI=1S/C14H15N5S/c1-10-18-11(8-20-10)4-6-19-9-16-7-13(19)12-3-2-5-17-14(12)15/h2-3,5,7-9H,4,6H2,1H3,(H2,15,17). The monoisotopic (exact) mass is 285 g/mol. The van der Waals surface area contributed by atoms with Gasteiger partial charge in [0.05, 0.1) is 28.9 Å². The van der Waals surface area contributed by atoms with Crippen LogP contribution in [-0.4, -0.2) is 19.5 Å². The van der Waals surface area contributed by atoms with Gasteiger partial charge in [0.1, 0.15) is 5.82 Å². The number of hydrogen-bond donors (Lipinski definition) is 1. The highest BCUT2D eigenvalue weighted by Crippen LogP contribution is 2.23. The van der Waals surface area contributed by atoms with Crippen molar-refractivity contribution in [3.63, 3.8) is 0 Å². The van der Waals surface area contributed by atoms with Crippen molar-refractivity contribution in [3.05, 3.63) is 46.9 Å². The van der Waals surface area contributed by atoms with Crippen LogP contribution in [0.1, 0.15) is 10.7 Å². The number of aromatic nitrogens is 4. The van der Waals surface area contributed by atoms with Crippen LogP contribution in [0.4, 0.5) is 5.82 Å². The van der Waals surface area contributed by atoms with Crippen molar-refractivity contribution in [2.45, 2.75) is 19.9 Å². The van der Waals surface area contributed by atoms with Crippen LogP contribution in [0.5, 0.6) is 0 Å². The van der Waals surface area contributed by atoms with Gasteiger partial charge < -0.3 is 10.3 Å². The molecule has 0 fully saturated rings. The second-order valence-electron chi connectivity index (χ2n) is 4.52. The molecule has 3 aromatic rings. The molecule has 6 heteroatoms. The molecule has 0 saturated carbocycles. The summed E-state index contributed by atoms with van der Waals surface area (Å²) in [7, 11) is 0. The average molecular weight is 285 g/mol. The summed E-state index contributed by atoms with van der Waals surface area (Å²) in [6, 6.07) is 3.84. The molecule has 3 rings (SSSR count). The van der Waals surface area contributed by atoms with Crippen LogP contribution >= 0.6 is 11.3 Å². The number of thiazole rings is 1. The molecule has 3 heterocycles. The van der Waals surface area contributed by atoms with E-state index >= 15 is 0 Å². The van der Waals surface area contributed by atoms with Crippen LogP contribution in [0.3, 0.4) is 0 Å². The first-order chi connectivity index (χ1) is 9.74. The minimum atomic E-state index is 0.527. The number of rotatable bonds is 4. The molecule has 0 atom stereocenters. The van der Waals surface area contributed by atoms with Gasteiger partial charge in [-0.3, -0.25) is 0 Å². The molecule has 0 aliphatic heterocycles. The first-order valence-electron chi connectivity index (χ1n) is 6.36. The molecule has 0 aliphatic rings. The topological polar surface area (TPSA) is 69.6 Å². The second kappa shape index (κ2) is 5.42. The predicted octanol–water partition coefficient (Wildman–Crippen LogP) is 2.53. The summed E-state index contributed by atoms with van der Waals surface area (Å²) >= 11 is 1.68. The molecule has 0 aromatic carbocycles. The Balaban J connectivity index is 1.82. The lowest BCUT2D eigenvalue weighted by Crippen LogP contribution is -2.04. The fourth-order valence-corrected chi connectivity index (χ4v) is 2.76. The Morgan fingerprint density at radius 1 is 1.40 bits per heavy atom. The van der Waals surface area contributed by atoms with Gasteiger partial charge in [0.15, 0.2) is 0 Å². The van der Waals surface area contributed by atoms with Crippen LogP contribution in [0.25, 0.3) is 11.3 Å². The Hall–Kier alpha value is -2.21. The van der Waals surface area contributed by atoms with Crippen molar-refractivity contribution in [2.24, 2.45) is 0 Å². The van der Waals surface area contributed by atoms with E-state index in [1.165, 1.54) is 0 Å². The third-order valence-corrected chi connectivity index (χ3v) is 3.92. The quantitative estimate of drug-likeness (QED) is 0.799. The molecule has 0 spiro atoms. The highest BCUT2D eigenvalue weighted by Gasteiger charge is 2.09. The maximum Gasteiger partial charge on any atom is 0.132 e. The van der Waals surface area contributed by atoms with Crippen molar-refractivity contribution in [3.8, 4) is 11.3 Å². The number of anilines is 1. The zero-order chi connectivity index (χ0) is 13.9. The fourth-order valence-electron chi connectivity index (χ4n) is 2.12. The third-order valence-electron chi connectivity index (χ3n) is 3.10. The van der Waals surface area contributed by atoms with E-state index in [0.29, 0.717) is 5.82 Å². The highest BCUT2D eigenvalue weighted by atomic mass is 32.1. The van der Waals surface area contributed by atoms with Crippen molar-refractivity contribution < 1.29 is 0 Å². The van der Waals surface area contributed by atoms with Crippen LogP contribution in [0.15, 0.2) is 36.2 Å². The lowest BCUT2D eigenvalue weighted by Gasteiger charge is -2.08. The highest BCUT2D eigenvalue weighted by molar-refractivity contribution is 7.09. The average Bonchev–Trinajstić information content (AvgIpc) is 3.06. The summed E-state index contributed by atoms with van der Waals surface area (Å²) in [6.45, 7) is 2.85. The summed E-state index contributed by atoms with van der Waals surface area (Å²) in [5.41, 5.74) is 8.95. The van der Waals surface area contributed by atoms with E-state index in [1.54, 1.807) is 17.5 Å². The molecule has 102 valence electrons. The van der Waals surface area contributed by atoms with Gasteiger partial charge in [0, 0.05) is 30.1 Å². The number of pyridine rings is 1. The van der Waals surface area contributed by atoms with Gasteiger partial charge >= 0.3 is 0 Å². The minimum Gasteiger partial charge on any atom is -0.383 e. The number of imidazole rings is 1. The van der Waals surface area contributed by atoms with Gasteiger partial charge in [-0.05, 0) is 19.1 Å². The Morgan fingerprint density at radius 2 is 2.30 bits per heavy atom. The van der Waals surface area contributed by atoms with Crippen molar-refractivity contribution in [2.75, 3.05) is 5.73 Å². The first-order valence-corrected chi connectivity index (χ1v) is 7.24. The lowest BCUT2D eigenvalue weighted by atomic mass is 10.2. The van der Waals surface area contributed by atoms with E-state index in [9.17, 15) is 0 Å². The summed E-state index contributed by atoms with van der Waals surface area (Å²) in [4.78, 5) is 12.8. The maximum atomic E-state index is 5.93. The fraction of sp³-hybridized carbons (Fsp3) is 0.214. The number of nitrogens with zero attached hydrogens (tertiary/aromatic N) is 4.